The van der Waals surface area contributed by atoms with Crippen LogP contribution in [0.1, 0.15) is 41.6 Å². The van der Waals surface area contributed by atoms with E-state index in [1.165, 1.54) is 34.5 Å². The van der Waals surface area contributed by atoms with Gasteiger partial charge >= 0.3 is 0 Å². The van der Waals surface area contributed by atoms with E-state index in [0.29, 0.717) is 24.2 Å². The van der Waals surface area contributed by atoms with Crippen molar-refractivity contribution in [2.75, 3.05) is 12.3 Å². The average Bonchev–Trinajstić information content (AvgIpc) is 3.12. The number of anilines is 1. The lowest BCUT2D eigenvalue weighted by Gasteiger charge is -2.16. The van der Waals surface area contributed by atoms with Gasteiger partial charge in [0.1, 0.15) is 23.3 Å². The van der Waals surface area contributed by atoms with E-state index in [2.05, 4.69) is 15.9 Å². The highest BCUT2D eigenvalue weighted by Gasteiger charge is 2.19. The van der Waals surface area contributed by atoms with Gasteiger partial charge in [0.15, 0.2) is 0 Å². The molecular weight excluding hydrogens is 429 g/mol. The molecule has 166 valence electrons. The van der Waals surface area contributed by atoms with E-state index in [1.807, 2.05) is 6.07 Å². The minimum atomic E-state index is -3.61. The van der Waals surface area contributed by atoms with Crippen LogP contribution >= 0.6 is 0 Å². The van der Waals surface area contributed by atoms with Gasteiger partial charge in [-0.3, -0.25) is 0 Å². The predicted molar refractivity (Wildman–Crippen MR) is 119 cm³/mol. The van der Waals surface area contributed by atoms with E-state index in [0.717, 1.165) is 31.2 Å². The first-order valence-electron chi connectivity index (χ1n) is 10.5. The number of nitriles is 1. The van der Waals surface area contributed by atoms with Crippen molar-refractivity contribution < 1.29 is 12.8 Å². The molecule has 0 fully saturated rings. The van der Waals surface area contributed by atoms with Crippen molar-refractivity contribution in [3.05, 3.63) is 70.7 Å². The molecule has 1 aliphatic rings. The number of aromatic nitrogens is 2. The molecule has 1 heterocycles. The average molecular weight is 454 g/mol. The Labute approximate surface area is 186 Å². The van der Waals surface area contributed by atoms with Gasteiger partial charge in [-0.15, -0.1) is 0 Å². The van der Waals surface area contributed by atoms with Gasteiger partial charge in [-0.25, -0.2) is 22.2 Å². The van der Waals surface area contributed by atoms with Crippen molar-refractivity contribution in [3.63, 3.8) is 0 Å². The van der Waals surface area contributed by atoms with Gasteiger partial charge in [-0.2, -0.15) is 10.4 Å². The van der Waals surface area contributed by atoms with Crippen LogP contribution in [0.25, 0.3) is 5.69 Å². The number of sulfonamides is 1. The quantitative estimate of drug-likeness (QED) is 0.533. The summed E-state index contributed by atoms with van der Waals surface area (Å²) in [4.78, 5) is 0.278. The molecule has 7 nitrogen and oxygen atoms in total. The third-order valence-corrected chi connectivity index (χ3v) is 7.15. The van der Waals surface area contributed by atoms with Gasteiger partial charge in [-0.05, 0) is 86.1 Å². The lowest BCUT2D eigenvalue weighted by molar-refractivity contribution is 0.578. The number of nitrogens with two attached hydrogens (primary N) is 1. The lowest BCUT2D eigenvalue weighted by Crippen LogP contribution is -2.25. The molecule has 9 heteroatoms. The van der Waals surface area contributed by atoms with Crippen LogP contribution < -0.4 is 10.5 Å². The van der Waals surface area contributed by atoms with Crippen molar-refractivity contribution in [1.82, 2.24) is 14.5 Å². The highest BCUT2D eigenvalue weighted by molar-refractivity contribution is 7.89. The van der Waals surface area contributed by atoms with E-state index < -0.39 is 10.0 Å². The van der Waals surface area contributed by atoms with E-state index in [9.17, 15) is 18.1 Å². The van der Waals surface area contributed by atoms with E-state index in [4.69, 9.17) is 5.73 Å². The summed E-state index contributed by atoms with van der Waals surface area (Å²) in [6.07, 6.45) is 4.95. The number of hydrogen-bond donors (Lipinski definition) is 2. The van der Waals surface area contributed by atoms with Crippen molar-refractivity contribution in [2.45, 2.75) is 43.4 Å². The molecule has 0 radical (unpaired) electrons. The minimum Gasteiger partial charge on any atom is -0.382 e. The Kier molecular flexibility index (Phi) is 6.26. The number of hydrogen-bond acceptors (Lipinski definition) is 5. The minimum absolute atomic E-state index is 0.170. The van der Waals surface area contributed by atoms with Crippen molar-refractivity contribution in [1.29, 1.82) is 5.26 Å². The number of nitrogens with one attached hydrogen (secondary N) is 1. The highest BCUT2D eigenvalue weighted by atomic mass is 32.2. The van der Waals surface area contributed by atoms with Gasteiger partial charge in [0, 0.05) is 6.54 Å². The van der Waals surface area contributed by atoms with Gasteiger partial charge < -0.3 is 5.73 Å². The molecule has 1 aliphatic carbocycles. The molecule has 0 aliphatic heterocycles. The fourth-order valence-corrected chi connectivity index (χ4v) is 5.10. The molecule has 0 saturated carbocycles. The van der Waals surface area contributed by atoms with Crippen LogP contribution in [0, 0.1) is 17.1 Å². The maximum atomic E-state index is 13.2. The number of halogens is 1. The molecule has 2 aromatic carbocycles. The second-order valence-corrected chi connectivity index (χ2v) is 9.61. The fraction of sp³-hybridized carbons (Fsp3) is 0.304. The topological polar surface area (TPSA) is 114 Å². The van der Waals surface area contributed by atoms with Crippen LogP contribution in [-0.4, -0.2) is 24.7 Å². The molecule has 3 N–H and O–H groups in total. The standard InChI is InChI=1S/C23H24FN5O2S/c24-18-8-10-19(11-9-18)29-23(26)21(15-25)22(28-29)6-3-13-27-32(30,31)20-12-7-16-4-1-2-5-17(16)14-20/h7-12,14,27H,1-6,13,26H2. The Morgan fingerprint density at radius 3 is 2.56 bits per heavy atom. The van der Waals surface area contributed by atoms with Gasteiger partial charge in [0.05, 0.1) is 16.3 Å². The fourth-order valence-electron chi connectivity index (χ4n) is 3.98. The number of benzene rings is 2. The summed E-state index contributed by atoms with van der Waals surface area (Å²) in [5.74, 6) is -0.213. The van der Waals surface area contributed by atoms with Gasteiger partial charge in [-0.1, -0.05) is 6.07 Å². The number of fused-ring (bicyclic) bond motifs is 1. The van der Waals surface area contributed by atoms with Crippen LogP contribution in [0.3, 0.4) is 0 Å². The van der Waals surface area contributed by atoms with E-state index in [1.54, 1.807) is 12.1 Å². The number of nitrogens with zero attached hydrogens (tertiary/aromatic N) is 3. The van der Waals surface area contributed by atoms with Crippen LogP contribution in [0.2, 0.25) is 0 Å². The Balaban J connectivity index is 1.42. The summed E-state index contributed by atoms with van der Waals surface area (Å²) < 4.78 is 42.6. The normalized spacial score (nSPS) is 13.5. The summed E-state index contributed by atoms with van der Waals surface area (Å²) in [6, 6.07) is 13.0. The van der Waals surface area contributed by atoms with Crippen LogP contribution in [0.4, 0.5) is 10.2 Å². The summed E-state index contributed by atoms with van der Waals surface area (Å²) in [7, 11) is -3.61. The number of nitrogen functional groups attached to an aromatic ring is 1. The first-order valence-corrected chi connectivity index (χ1v) is 12.0. The highest BCUT2D eigenvalue weighted by Crippen LogP contribution is 2.24. The third-order valence-electron chi connectivity index (χ3n) is 5.69. The van der Waals surface area contributed by atoms with E-state index >= 15 is 0 Å². The largest absolute Gasteiger partial charge is 0.382 e. The molecule has 0 unspecified atom stereocenters. The van der Waals surface area contributed by atoms with Crippen LogP contribution in [0.5, 0.6) is 0 Å². The molecule has 3 aromatic rings. The molecule has 0 spiro atoms. The number of rotatable bonds is 7. The smallest absolute Gasteiger partial charge is 0.240 e. The molecule has 32 heavy (non-hydrogen) atoms. The Morgan fingerprint density at radius 2 is 1.84 bits per heavy atom. The summed E-state index contributed by atoms with van der Waals surface area (Å²) in [6.45, 7) is 0.202. The zero-order valence-electron chi connectivity index (χ0n) is 17.5. The first-order chi connectivity index (χ1) is 15.4. The van der Waals surface area contributed by atoms with Crippen LogP contribution in [-0.2, 0) is 29.3 Å². The zero-order valence-corrected chi connectivity index (χ0v) is 18.3. The zero-order chi connectivity index (χ0) is 22.7. The first kappa shape index (κ1) is 22.0. The molecular formula is C23H24FN5O2S. The Bertz CT molecular complexity index is 1280. The molecule has 0 atom stereocenters. The third kappa shape index (κ3) is 4.52. The monoisotopic (exact) mass is 453 g/mol. The molecule has 0 amide bonds. The predicted octanol–water partition coefficient (Wildman–Crippen LogP) is 3.26. The van der Waals surface area contributed by atoms with Crippen LogP contribution in [0.15, 0.2) is 47.4 Å². The van der Waals surface area contributed by atoms with Crippen molar-refractivity contribution >= 4 is 15.8 Å². The summed E-state index contributed by atoms with van der Waals surface area (Å²) in [5, 5.41) is 13.9. The second kappa shape index (κ2) is 9.10. The molecule has 1 aromatic heterocycles. The van der Waals surface area contributed by atoms with Gasteiger partial charge in [0.2, 0.25) is 10.0 Å². The molecule has 0 saturated heterocycles. The van der Waals surface area contributed by atoms with E-state index in [-0.39, 0.29) is 28.6 Å². The Morgan fingerprint density at radius 1 is 1.12 bits per heavy atom. The molecule has 0 bridgehead atoms. The van der Waals surface area contributed by atoms with Crippen molar-refractivity contribution in [3.8, 4) is 11.8 Å². The summed E-state index contributed by atoms with van der Waals surface area (Å²) in [5.41, 5.74) is 9.66. The Hall–Kier alpha value is -3.22. The molecule has 4 rings (SSSR count). The lowest BCUT2D eigenvalue weighted by atomic mass is 9.92. The number of aryl methyl sites for hydroxylation is 3. The SMILES string of the molecule is N#Cc1c(CCCNS(=O)(=O)c2ccc3c(c2)CCCC3)nn(-c2ccc(F)cc2)c1N. The van der Waals surface area contributed by atoms with Crippen molar-refractivity contribution in [2.24, 2.45) is 0 Å². The van der Waals surface area contributed by atoms with Gasteiger partial charge in [0.25, 0.3) is 0 Å². The second-order valence-electron chi connectivity index (χ2n) is 7.85. The maximum Gasteiger partial charge on any atom is 0.240 e. The summed E-state index contributed by atoms with van der Waals surface area (Å²) >= 11 is 0. The maximum absolute atomic E-state index is 13.2.